The highest BCUT2D eigenvalue weighted by Crippen LogP contribution is 2.62. The average Bonchev–Trinajstić information content (AvgIpc) is 1.56. The fourth-order valence-electron chi connectivity index (χ4n) is 19.8. The van der Waals surface area contributed by atoms with Crippen molar-refractivity contribution in [2.24, 2.45) is 0 Å². The smallest absolute Gasteiger partial charge is 0.149 e. The number of hydrogen-bond acceptors (Lipinski definition) is 3. The number of rotatable bonds is 15. The summed E-state index contributed by atoms with van der Waals surface area (Å²) in [5.74, 6) is 20.3. The van der Waals surface area contributed by atoms with Crippen molar-refractivity contribution in [3.63, 3.8) is 0 Å². The Hall–Kier alpha value is -14.4. The van der Waals surface area contributed by atoms with Gasteiger partial charge in [-0.2, -0.15) is 0 Å². The van der Waals surface area contributed by atoms with Gasteiger partial charge in [0.1, 0.15) is 37.1 Å². The molecule has 0 saturated carbocycles. The third-order valence-electron chi connectivity index (χ3n) is 25.0. The Morgan fingerprint density at radius 2 is 0.443 bits per heavy atom. The lowest BCUT2D eigenvalue weighted by Gasteiger charge is -2.35. The van der Waals surface area contributed by atoms with Crippen LogP contribution in [-0.2, 0) is 16.2 Å². The summed E-state index contributed by atoms with van der Waals surface area (Å²) in [6.07, 6.45) is 0. The van der Waals surface area contributed by atoms with Crippen molar-refractivity contribution in [1.82, 2.24) is 0 Å². The Labute approximate surface area is 670 Å². The molecule has 0 amide bonds. The standard InChI is InChI=1S/C112H76O3/c1-4-7-58-113-94-55-43-82-61-91(52-40-85(82)64-94)110(103-31-19-16-28-97(103)100-67-76-22-10-13-25-79(76)70-106(100)110)88-46-34-73(35-47-88)109(74-36-48-89(49-37-74)111(92-53-41-86-65-95(114-59-8-5-2)56-44-83(86)62-92)104-32-20-17-29-98(104)101-68-77-23-11-14-26-80(77)71-107(101)111)75-38-50-90(51-39-75)112(93-54-42-87-66-96(115-60-9-6-3)57-45-84(87)63-93)105-33-21-18-30-99(105)102-69-78-24-12-15-27-81(78)72-108(102)112/h10-57,61-72,109H,58-60H2,1-3H3. The molecular weight excluding hydrogens is 1390 g/mol. The van der Waals surface area contributed by atoms with E-state index in [1.807, 2.05) is 20.8 Å². The van der Waals surface area contributed by atoms with Gasteiger partial charge in [0.25, 0.3) is 0 Å². The Morgan fingerprint density at radius 1 is 0.209 bits per heavy atom. The first-order valence-electron chi connectivity index (χ1n) is 39.7. The van der Waals surface area contributed by atoms with E-state index >= 15 is 0 Å². The predicted molar refractivity (Wildman–Crippen MR) is 474 cm³/mol. The van der Waals surface area contributed by atoms with Gasteiger partial charge in [0.2, 0.25) is 0 Å². The Kier molecular flexibility index (Phi) is 16.6. The van der Waals surface area contributed by atoms with Crippen molar-refractivity contribution in [2.75, 3.05) is 19.8 Å². The Bertz CT molecular complexity index is 6540. The molecule has 115 heavy (non-hydrogen) atoms. The summed E-state index contributed by atoms with van der Waals surface area (Å²) in [4.78, 5) is 0. The van der Waals surface area contributed by atoms with E-state index in [-0.39, 0.29) is 5.92 Å². The van der Waals surface area contributed by atoms with Gasteiger partial charge in [-0.15, -0.1) is 17.8 Å². The van der Waals surface area contributed by atoms with E-state index in [9.17, 15) is 0 Å². The predicted octanol–water partition coefficient (Wildman–Crippen LogP) is 26.1. The molecule has 18 aromatic rings. The molecule has 0 aliphatic heterocycles. The fourth-order valence-corrected chi connectivity index (χ4v) is 19.8. The van der Waals surface area contributed by atoms with E-state index in [1.165, 1.54) is 149 Å². The van der Waals surface area contributed by atoms with Gasteiger partial charge in [-0.05, 0) is 293 Å². The van der Waals surface area contributed by atoms with Crippen molar-refractivity contribution in [2.45, 2.75) is 42.9 Å². The van der Waals surface area contributed by atoms with Crippen LogP contribution in [0.4, 0.5) is 0 Å². The fraction of sp³-hybridized carbons (Fsp3) is 0.0893. The lowest BCUT2D eigenvalue weighted by Crippen LogP contribution is -2.29. The van der Waals surface area contributed by atoms with Crippen LogP contribution in [0.3, 0.4) is 0 Å². The van der Waals surface area contributed by atoms with Gasteiger partial charge in [0.15, 0.2) is 0 Å². The zero-order valence-corrected chi connectivity index (χ0v) is 64.1. The molecule has 0 bridgehead atoms. The van der Waals surface area contributed by atoms with E-state index in [1.54, 1.807) is 0 Å². The summed E-state index contributed by atoms with van der Waals surface area (Å²) < 4.78 is 18.4. The van der Waals surface area contributed by atoms with Crippen LogP contribution >= 0.6 is 0 Å². The van der Waals surface area contributed by atoms with Gasteiger partial charge in [-0.25, -0.2) is 0 Å². The molecule has 0 aromatic heterocycles. The third-order valence-corrected chi connectivity index (χ3v) is 25.0. The molecule has 18 aromatic carbocycles. The van der Waals surface area contributed by atoms with Crippen molar-refractivity contribution in [3.05, 3.63) is 447 Å². The van der Waals surface area contributed by atoms with Gasteiger partial charge in [0.05, 0.1) is 16.2 Å². The molecule has 3 aliphatic rings. The first kappa shape index (κ1) is 68.6. The van der Waals surface area contributed by atoms with Gasteiger partial charge in [-0.3, -0.25) is 0 Å². The monoisotopic (exact) mass is 1470 g/mol. The number of ether oxygens (including phenoxy) is 3. The highest BCUT2D eigenvalue weighted by atomic mass is 16.5. The molecule has 542 valence electrons. The Balaban J connectivity index is 0.773. The molecule has 0 N–H and O–H groups in total. The molecule has 3 nitrogen and oxygen atoms in total. The largest absolute Gasteiger partial charge is 0.481 e. The molecule has 3 unspecified atom stereocenters. The van der Waals surface area contributed by atoms with E-state index in [0.29, 0.717) is 19.8 Å². The van der Waals surface area contributed by atoms with Crippen LogP contribution < -0.4 is 14.2 Å². The highest BCUT2D eigenvalue weighted by Gasteiger charge is 2.50. The molecule has 3 aliphatic carbocycles. The van der Waals surface area contributed by atoms with E-state index in [2.05, 4.69) is 400 Å². The van der Waals surface area contributed by atoms with Crippen LogP contribution in [0.5, 0.6) is 17.2 Å². The van der Waals surface area contributed by atoms with E-state index in [4.69, 9.17) is 14.2 Å². The second-order valence-corrected chi connectivity index (χ2v) is 30.7. The molecule has 0 saturated heterocycles. The summed E-state index contributed by atoms with van der Waals surface area (Å²) in [7, 11) is 0. The second-order valence-electron chi connectivity index (χ2n) is 30.7. The zero-order chi connectivity index (χ0) is 76.8. The van der Waals surface area contributed by atoms with Crippen LogP contribution in [0.25, 0.3) is 98.0 Å². The normalized spacial score (nSPS) is 16.1. The molecule has 0 heterocycles. The zero-order valence-electron chi connectivity index (χ0n) is 64.1. The van der Waals surface area contributed by atoms with Crippen LogP contribution in [0.1, 0.15) is 110 Å². The number of benzene rings is 18. The van der Waals surface area contributed by atoms with Crippen LogP contribution in [0.2, 0.25) is 0 Å². The maximum atomic E-state index is 6.15. The minimum atomic E-state index is -0.709. The van der Waals surface area contributed by atoms with E-state index in [0.717, 1.165) is 49.6 Å². The molecule has 0 spiro atoms. The first-order valence-corrected chi connectivity index (χ1v) is 39.7. The summed E-state index contributed by atoms with van der Waals surface area (Å²) in [6.45, 7) is 6.55. The number of fused-ring (bicyclic) bond motifs is 15. The van der Waals surface area contributed by atoms with Gasteiger partial charge in [0, 0.05) is 5.92 Å². The van der Waals surface area contributed by atoms with Gasteiger partial charge in [-0.1, -0.05) is 291 Å². The summed E-state index contributed by atoms with van der Waals surface area (Å²) in [6, 6.07) is 138. The minimum Gasteiger partial charge on any atom is -0.481 e. The molecule has 3 heteroatoms. The van der Waals surface area contributed by atoms with Crippen molar-refractivity contribution >= 4 is 64.6 Å². The van der Waals surface area contributed by atoms with Crippen LogP contribution in [0.15, 0.2) is 364 Å². The van der Waals surface area contributed by atoms with Crippen LogP contribution in [0, 0.1) is 35.5 Å². The third kappa shape index (κ3) is 10.9. The molecular formula is C112H76O3. The van der Waals surface area contributed by atoms with Gasteiger partial charge >= 0.3 is 0 Å². The SMILES string of the molecule is CC#CCOc1ccc2cc(C3(c4ccc(C(c5ccc(C6(c7ccc8cc(OCC#CC)ccc8c7)c7ccccc7-c7cc8ccccc8cc76)cc5)c5ccc(C6(c7ccc8cc(OCC#CC)ccc8c7)c7ccccc7-c7cc8ccccc8cc76)cc5)cc4)c4ccccc4-c4cc5ccccc5cc43)ccc2c1. The number of hydrogen-bond donors (Lipinski definition) is 0. The average molecular weight is 1470 g/mol. The first-order chi connectivity index (χ1) is 56.8. The quantitative estimate of drug-likeness (QED) is 0.0756. The molecule has 21 rings (SSSR count). The van der Waals surface area contributed by atoms with E-state index < -0.39 is 16.2 Å². The molecule has 0 radical (unpaired) electrons. The molecule has 3 atom stereocenters. The summed E-state index contributed by atoms with van der Waals surface area (Å²) in [5.41, 5.74) is 23.6. The second kappa shape index (κ2) is 27.8. The van der Waals surface area contributed by atoms with Crippen molar-refractivity contribution in [1.29, 1.82) is 0 Å². The Morgan fingerprint density at radius 3 is 0.730 bits per heavy atom. The van der Waals surface area contributed by atoms with Gasteiger partial charge < -0.3 is 14.2 Å². The maximum Gasteiger partial charge on any atom is 0.149 e. The highest BCUT2D eigenvalue weighted by molar-refractivity contribution is 6.01. The maximum absolute atomic E-state index is 6.15. The summed E-state index contributed by atoms with van der Waals surface area (Å²) in [5, 5.41) is 14.0. The lowest BCUT2D eigenvalue weighted by atomic mass is 9.66. The summed E-state index contributed by atoms with van der Waals surface area (Å²) >= 11 is 0. The molecule has 0 fully saturated rings. The lowest BCUT2D eigenvalue weighted by molar-refractivity contribution is 0.370. The van der Waals surface area contributed by atoms with Crippen molar-refractivity contribution in [3.8, 4) is 86.2 Å². The minimum absolute atomic E-state index is 0.229. The van der Waals surface area contributed by atoms with Crippen LogP contribution in [-0.4, -0.2) is 19.8 Å². The topological polar surface area (TPSA) is 27.7 Å². The van der Waals surface area contributed by atoms with Crippen molar-refractivity contribution < 1.29 is 14.2 Å².